The molecule has 0 aliphatic rings. The number of rotatable bonds is 4. The lowest BCUT2D eigenvalue weighted by atomic mass is 10.2. The molecular weight excluding hydrogens is 244 g/mol. The summed E-state index contributed by atoms with van der Waals surface area (Å²) in [5.41, 5.74) is 1.41. The molecule has 0 bridgehead atoms. The minimum absolute atomic E-state index is 0.140. The number of hydrogen-bond donors (Lipinski definition) is 2. The van der Waals surface area contributed by atoms with Crippen LogP contribution in [0.25, 0.3) is 0 Å². The molecule has 5 nitrogen and oxygen atoms in total. The first-order chi connectivity index (χ1) is 8.08. The zero-order valence-corrected chi connectivity index (χ0v) is 10.7. The zero-order chi connectivity index (χ0) is 12.8. The summed E-state index contributed by atoms with van der Waals surface area (Å²) in [7, 11) is 3.01. The van der Waals surface area contributed by atoms with Gasteiger partial charge in [-0.05, 0) is 18.6 Å². The molecule has 0 aliphatic carbocycles. The number of amides is 2. The van der Waals surface area contributed by atoms with Crippen LogP contribution in [0, 0.1) is 6.92 Å². The van der Waals surface area contributed by atoms with Gasteiger partial charge in [-0.2, -0.15) is 0 Å². The molecular formula is C11H15ClN2O3. The molecule has 6 heteroatoms. The maximum Gasteiger partial charge on any atom is 0.321 e. The van der Waals surface area contributed by atoms with E-state index in [0.29, 0.717) is 16.5 Å². The molecule has 0 saturated carbocycles. The number of carbonyl (C=O) groups is 1. The van der Waals surface area contributed by atoms with Crippen LogP contribution in [-0.4, -0.2) is 27.0 Å². The van der Waals surface area contributed by atoms with E-state index in [1.54, 1.807) is 12.1 Å². The van der Waals surface area contributed by atoms with Crippen LogP contribution in [0.5, 0.6) is 5.75 Å². The van der Waals surface area contributed by atoms with Gasteiger partial charge in [0.25, 0.3) is 0 Å². The van der Waals surface area contributed by atoms with Crippen molar-refractivity contribution in [3.63, 3.8) is 0 Å². The Labute approximate surface area is 105 Å². The van der Waals surface area contributed by atoms with Crippen molar-refractivity contribution in [2.75, 3.05) is 26.3 Å². The lowest BCUT2D eigenvalue weighted by Gasteiger charge is -2.12. The Morgan fingerprint density at radius 1 is 1.41 bits per heavy atom. The van der Waals surface area contributed by atoms with Crippen LogP contribution in [0.2, 0.25) is 5.02 Å². The van der Waals surface area contributed by atoms with Crippen molar-refractivity contribution in [2.24, 2.45) is 0 Å². The molecule has 0 unspecified atom stereocenters. The normalized spacial score (nSPS) is 9.88. The smallest absolute Gasteiger partial charge is 0.321 e. The molecule has 94 valence electrons. The lowest BCUT2D eigenvalue weighted by molar-refractivity contribution is 0.177. The van der Waals surface area contributed by atoms with E-state index in [4.69, 9.17) is 21.1 Å². The second-order valence-electron chi connectivity index (χ2n) is 3.37. The van der Waals surface area contributed by atoms with E-state index in [9.17, 15) is 4.79 Å². The van der Waals surface area contributed by atoms with Gasteiger partial charge in [-0.15, -0.1) is 0 Å². The van der Waals surface area contributed by atoms with E-state index >= 15 is 0 Å². The number of methoxy groups -OCH3 is 2. The molecule has 1 aromatic carbocycles. The van der Waals surface area contributed by atoms with Crippen LogP contribution in [0.1, 0.15) is 5.56 Å². The van der Waals surface area contributed by atoms with Crippen molar-refractivity contribution < 1.29 is 14.3 Å². The van der Waals surface area contributed by atoms with E-state index in [1.807, 2.05) is 6.92 Å². The summed E-state index contributed by atoms with van der Waals surface area (Å²) in [5, 5.41) is 5.74. The van der Waals surface area contributed by atoms with Crippen molar-refractivity contribution in [3.05, 3.63) is 22.7 Å². The second-order valence-corrected chi connectivity index (χ2v) is 3.77. The quantitative estimate of drug-likeness (QED) is 0.816. The van der Waals surface area contributed by atoms with Crippen LogP contribution in [-0.2, 0) is 4.74 Å². The van der Waals surface area contributed by atoms with E-state index < -0.39 is 0 Å². The van der Waals surface area contributed by atoms with Crippen LogP contribution < -0.4 is 15.4 Å². The van der Waals surface area contributed by atoms with E-state index in [2.05, 4.69) is 10.6 Å². The Balaban J connectivity index is 2.82. The van der Waals surface area contributed by atoms with E-state index in [1.165, 1.54) is 14.2 Å². The highest BCUT2D eigenvalue weighted by Gasteiger charge is 2.09. The minimum atomic E-state index is -0.369. The molecule has 0 heterocycles. The van der Waals surface area contributed by atoms with Gasteiger partial charge < -0.3 is 20.1 Å². The highest BCUT2D eigenvalue weighted by atomic mass is 35.5. The number of carbonyl (C=O) groups excluding carboxylic acids is 1. The molecule has 17 heavy (non-hydrogen) atoms. The van der Waals surface area contributed by atoms with E-state index in [0.717, 1.165) is 5.56 Å². The topological polar surface area (TPSA) is 59.6 Å². The third-order valence-corrected chi connectivity index (χ3v) is 2.51. The summed E-state index contributed by atoms with van der Waals surface area (Å²) >= 11 is 5.96. The molecule has 0 spiro atoms. The maximum absolute atomic E-state index is 11.4. The molecule has 1 rings (SSSR count). The van der Waals surface area contributed by atoms with Gasteiger partial charge in [0.2, 0.25) is 0 Å². The largest absolute Gasteiger partial charge is 0.495 e. The van der Waals surface area contributed by atoms with Gasteiger partial charge in [0.15, 0.2) is 0 Å². The average Bonchev–Trinajstić information content (AvgIpc) is 2.31. The lowest BCUT2D eigenvalue weighted by Crippen LogP contribution is -2.30. The molecule has 2 N–H and O–H groups in total. The Hall–Kier alpha value is -1.46. The van der Waals surface area contributed by atoms with Gasteiger partial charge >= 0.3 is 6.03 Å². The molecule has 0 aliphatic heterocycles. The Kier molecular flexibility index (Phi) is 5.06. The predicted octanol–water partition coefficient (Wildman–Crippen LogP) is 2.38. The van der Waals surface area contributed by atoms with Gasteiger partial charge in [0, 0.05) is 18.2 Å². The third-order valence-electron chi connectivity index (χ3n) is 2.11. The van der Waals surface area contributed by atoms with Gasteiger partial charge in [-0.1, -0.05) is 11.6 Å². The molecule has 0 fully saturated rings. The zero-order valence-electron chi connectivity index (χ0n) is 9.96. The Morgan fingerprint density at radius 2 is 2.12 bits per heavy atom. The summed E-state index contributed by atoms with van der Waals surface area (Å²) in [5.74, 6) is 0.508. The SMILES string of the molecule is COCNC(=O)Nc1cc(C)c(Cl)cc1OC. The summed E-state index contributed by atoms with van der Waals surface area (Å²) in [4.78, 5) is 11.4. The summed E-state index contributed by atoms with van der Waals surface area (Å²) in [6.07, 6.45) is 0. The molecule has 0 radical (unpaired) electrons. The van der Waals surface area contributed by atoms with Crippen molar-refractivity contribution in [3.8, 4) is 5.75 Å². The Bertz CT molecular complexity index is 410. The number of halogens is 1. The summed E-state index contributed by atoms with van der Waals surface area (Å²) in [6, 6.07) is 3.03. The number of nitrogens with one attached hydrogen (secondary N) is 2. The predicted molar refractivity (Wildman–Crippen MR) is 66.8 cm³/mol. The number of benzene rings is 1. The van der Waals surface area contributed by atoms with Crippen molar-refractivity contribution >= 4 is 23.3 Å². The van der Waals surface area contributed by atoms with E-state index in [-0.39, 0.29) is 12.8 Å². The van der Waals surface area contributed by atoms with Gasteiger partial charge in [0.05, 0.1) is 12.8 Å². The first-order valence-electron chi connectivity index (χ1n) is 4.96. The fraction of sp³-hybridized carbons (Fsp3) is 0.364. The first kappa shape index (κ1) is 13.6. The standard InChI is InChI=1S/C11H15ClN2O3/c1-7-4-9(10(17-3)5-8(7)12)14-11(15)13-6-16-2/h4-5H,6H2,1-3H3,(H2,13,14,15). The first-order valence-corrected chi connectivity index (χ1v) is 5.34. The van der Waals surface area contributed by atoms with Crippen molar-refractivity contribution in [1.29, 1.82) is 0 Å². The minimum Gasteiger partial charge on any atom is -0.495 e. The summed E-state index contributed by atoms with van der Waals surface area (Å²) in [6.45, 7) is 1.99. The molecule has 0 aromatic heterocycles. The second kappa shape index (κ2) is 6.32. The van der Waals surface area contributed by atoms with Crippen molar-refractivity contribution in [1.82, 2.24) is 5.32 Å². The summed E-state index contributed by atoms with van der Waals surface area (Å²) < 4.78 is 9.85. The fourth-order valence-corrected chi connectivity index (χ4v) is 1.39. The van der Waals surface area contributed by atoms with Crippen molar-refractivity contribution in [2.45, 2.75) is 6.92 Å². The Morgan fingerprint density at radius 3 is 2.71 bits per heavy atom. The van der Waals surface area contributed by atoms with Gasteiger partial charge in [0.1, 0.15) is 12.5 Å². The highest BCUT2D eigenvalue weighted by Crippen LogP contribution is 2.30. The molecule has 2 amide bonds. The number of ether oxygens (including phenoxy) is 2. The highest BCUT2D eigenvalue weighted by molar-refractivity contribution is 6.31. The van der Waals surface area contributed by atoms with Crippen LogP contribution in [0.3, 0.4) is 0 Å². The average molecular weight is 259 g/mol. The molecule has 0 saturated heterocycles. The molecule has 1 aromatic rings. The maximum atomic E-state index is 11.4. The van der Waals surface area contributed by atoms with Gasteiger partial charge in [-0.3, -0.25) is 0 Å². The third kappa shape index (κ3) is 3.80. The number of aryl methyl sites for hydroxylation is 1. The fourth-order valence-electron chi connectivity index (χ4n) is 1.23. The van der Waals surface area contributed by atoms with Gasteiger partial charge in [-0.25, -0.2) is 4.79 Å². The number of hydrogen-bond acceptors (Lipinski definition) is 3. The monoisotopic (exact) mass is 258 g/mol. The number of urea groups is 1. The van der Waals surface area contributed by atoms with Crippen LogP contribution >= 0.6 is 11.6 Å². The van der Waals surface area contributed by atoms with Crippen LogP contribution in [0.4, 0.5) is 10.5 Å². The van der Waals surface area contributed by atoms with Crippen LogP contribution in [0.15, 0.2) is 12.1 Å². The number of anilines is 1. The molecule has 0 atom stereocenters.